The summed E-state index contributed by atoms with van der Waals surface area (Å²) in [6.07, 6.45) is 1.75. The molecule has 0 atom stereocenters. The summed E-state index contributed by atoms with van der Waals surface area (Å²) in [6, 6.07) is 3.30. The Morgan fingerprint density at radius 1 is 1.32 bits per heavy atom. The monoisotopic (exact) mass is 350 g/mol. The Kier molecular flexibility index (Phi) is 5.52. The van der Waals surface area contributed by atoms with Crippen LogP contribution in [0.5, 0.6) is 0 Å². The first-order valence-corrected chi connectivity index (χ1v) is 7.51. The maximum Gasteiger partial charge on any atom is 0.338 e. The molecule has 3 amide bonds. The molecule has 134 valence electrons. The van der Waals surface area contributed by atoms with E-state index in [4.69, 9.17) is 4.74 Å². The minimum absolute atomic E-state index is 0.0625. The number of anilines is 1. The van der Waals surface area contributed by atoms with Crippen LogP contribution in [0.1, 0.15) is 23.2 Å². The molecule has 1 aliphatic carbocycles. The van der Waals surface area contributed by atoms with Gasteiger partial charge in [-0.1, -0.05) is 0 Å². The Bertz CT molecular complexity index is 714. The van der Waals surface area contributed by atoms with E-state index in [0.717, 1.165) is 18.9 Å². The van der Waals surface area contributed by atoms with Crippen LogP contribution in [0.3, 0.4) is 0 Å². The Morgan fingerprint density at radius 3 is 2.56 bits per heavy atom. The van der Waals surface area contributed by atoms with E-state index in [9.17, 15) is 24.5 Å². The number of rotatable bonds is 6. The third-order valence-corrected chi connectivity index (χ3v) is 3.39. The minimum Gasteiger partial charge on any atom is -0.452 e. The zero-order valence-corrected chi connectivity index (χ0v) is 13.8. The number of ether oxygens (including phenoxy) is 1. The summed E-state index contributed by atoms with van der Waals surface area (Å²) in [5, 5.41) is 15.7. The lowest BCUT2D eigenvalue weighted by Crippen LogP contribution is -2.42. The highest BCUT2D eigenvalue weighted by atomic mass is 16.6. The fourth-order valence-electron chi connectivity index (χ4n) is 2.00. The topological polar surface area (TPSA) is 131 Å². The van der Waals surface area contributed by atoms with Crippen molar-refractivity contribution in [2.45, 2.75) is 18.9 Å². The number of urea groups is 1. The summed E-state index contributed by atoms with van der Waals surface area (Å²) >= 11 is 0. The van der Waals surface area contributed by atoms with E-state index in [0.29, 0.717) is 5.69 Å². The summed E-state index contributed by atoms with van der Waals surface area (Å²) < 4.78 is 4.78. The van der Waals surface area contributed by atoms with Crippen molar-refractivity contribution in [1.29, 1.82) is 0 Å². The van der Waals surface area contributed by atoms with Gasteiger partial charge in [0.1, 0.15) is 5.69 Å². The summed E-state index contributed by atoms with van der Waals surface area (Å²) in [7, 11) is 3.27. The van der Waals surface area contributed by atoms with E-state index < -0.39 is 29.4 Å². The van der Waals surface area contributed by atoms with Crippen LogP contribution in [0.2, 0.25) is 0 Å². The normalized spacial score (nSPS) is 12.9. The van der Waals surface area contributed by atoms with E-state index in [1.165, 1.54) is 12.1 Å². The van der Waals surface area contributed by atoms with Gasteiger partial charge in [-0.15, -0.1) is 0 Å². The Morgan fingerprint density at radius 2 is 2.00 bits per heavy atom. The third-order valence-electron chi connectivity index (χ3n) is 3.39. The number of carbonyl (C=O) groups excluding carboxylic acids is 3. The molecule has 1 aliphatic rings. The van der Waals surface area contributed by atoms with Gasteiger partial charge in [-0.2, -0.15) is 0 Å². The van der Waals surface area contributed by atoms with Crippen molar-refractivity contribution in [1.82, 2.24) is 10.6 Å². The van der Waals surface area contributed by atoms with E-state index in [-0.39, 0.29) is 17.3 Å². The van der Waals surface area contributed by atoms with Gasteiger partial charge in [-0.05, 0) is 25.0 Å². The summed E-state index contributed by atoms with van der Waals surface area (Å²) in [5.41, 5.74) is 0.0104. The van der Waals surface area contributed by atoms with Gasteiger partial charge in [0.15, 0.2) is 6.61 Å². The van der Waals surface area contributed by atoms with Crippen LogP contribution in [0.25, 0.3) is 0 Å². The smallest absolute Gasteiger partial charge is 0.338 e. The van der Waals surface area contributed by atoms with Crippen LogP contribution in [0.4, 0.5) is 16.2 Å². The van der Waals surface area contributed by atoms with Gasteiger partial charge in [0.25, 0.3) is 11.6 Å². The first-order chi connectivity index (χ1) is 11.8. The number of hydrogen-bond acceptors (Lipinski definition) is 7. The second-order valence-corrected chi connectivity index (χ2v) is 5.73. The molecule has 0 spiro atoms. The molecule has 0 aromatic heterocycles. The fourth-order valence-corrected chi connectivity index (χ4v) is 2.00. The highest BCUT2D eigenvalue weighted by Crippen LogP contribution is 2.27. The molecule has 1 saturated carbocycles. The van der Waals surface area contributed by atoms with Gasteiger partial charge in [0, 0.05) is 26.2 Å². The number of nitrogens with one attached hydrogen (secondary N) is 2. The molecule has 0 aliphatic heterocycles. The van der Waals surface area contributed by atoms with E-state index in [2.05, 4.69) is 5.32 Å². The zero-order chi connectivity index (χ0) is 18.6. The Labute approximate surface area is 143 Å². The number of nitrogens with zero attached hydrogens (tertiary/aromatic N) is 2. The van der Waals surface area contributed by atoms with Crippen LogP contribution < -0.4 is 15.5 Å². The van der Waals surface area contributed by atoms with Crippen molar-refractivity contribution in [3.05, 3.63) is 33.9 Å². The van der Waals surface area contributed by atoms with Crippen molar-refractivity contribution in [3.63, 3.8) is 0 Å². The number of nitro groups is 1. The number of benzene rings is 1. The molecule has 1 fully saturated rings. The van der Waals surface area contributed by atoms with Gasteiger partial charge in [0.05, 0.1) is 10.5 Å². The largest absolute Gasteiger partial charge is 0.452 e. The second-order valence-electron chi connectivity index (χ2n) is 5.73. The van der Waals surface area contributed by atoms with Crippen molar-refractivity contribution >= 4 is 29.3 Å². The zero-order valence-electron chi connectivity index (χ0n) is 13.8. The molecule has 2 N–H and O–H groups in total. The van der Waals surface area contributed by atoms with Crippen molar-refractivity contribution in [2.75, 3.05) is 25.6 Å². The lowest BCUT2D eigenvalue weighted by molar-refractivity contribution is -0.384. The van der Waals surface area contributed by atoms with Crippen LogP contribution in [-0.4, -0.2) is 49.6 Å². The molecule has 1 aromatic carbocycles. The van der Waals surface area contributed by atoms with Gasteiger partial charge in [-0.3, -0.25) is 20.2 Å². The number of esters is 1. The molecule has 10 nitrogen and oxygen atoms in total. The lowest BCUT2D eigenvalue weighted by Gasteiger charge is -2.13. The third kappa shape index (κ3) is 5.16. The highest BCUT2D eigenvalue weighted by Gasteiger charge is 2.24. The van der Waals surface area contributed by atoms with Crippen molar-refractivity contribution < 1.29 is 24.0 Å². The average Bonchev–Trinajstić information content (AvgIpc) is 3.35. The molecule has 0 heterocycles. The molecule has 1 aromatic rings. The van der Waals surface area contributed by atoms with Crippen molar-refractivity contribution in [3.8, 4) is 0 Å². The Hall–Kier alpha value is -3.17. The average molecular weight is 350 g/mol. The second kappa shape index (κ2) is 7.60. The molecular weight excluding hydrogens is 332 g/mol. The minimum atomic E-state index is -0.897. The molecule has 10 heteroatoms. The van der Waals surface area contributed by atoms with Crippen LogP contribution in [0, 0.1) is 10.1 Å². The van der Waals surface area contributed by atoms with E-state index >= 15 is 0 Å². The highest BCUT2D eigenvalue weighted by molar-refractivity contribution is 5.97. The SMILES string of the molecule is CN(C)c1ccc(C(=O)OCC(=O)NC(=O)NC2CC2)cc1[N+](=O)[O-]. The van der Waals surface area contributed by atoms with Crippen LogP contribution in [-0.2, 0) is 9.53 Å². The maximum atomic E-state index is 11.9. The molecule has 0 bridgehead atoms. The number of carbonyl (C=O) groups is 3. The van der Waals surface area contributed by atoms with E-state index in [1.807, 2.05) is 5.32 Å². The van der Waals surface area contributed by atoms with Gasteiger partial charge in [-0.25, -0.2) is 9.59 Å². The lowest BCUT2D eigenvalue weighted by atomic mass is 10.1. The summed E-state index contributed by atoms with van der Waals surface area (Å²) in [4.78, 5) is 46.9. The predicted molar refractivity (Wildman–Crippen MR) is 87.4 cm³/mol. The van der Waals surface area contributed by atoms with E-state index in [1.54, 1.807) is 19.0 Å². The molecular formula is C15H18N4O6. The summed E-state index contributed by atoms with van der Waals surface area (Å²) in [5.74, 6) is -1.68. The molecule has 25 heavy (non-hydrogen) atoms. The molecule has 2 rings (SSSR count). The standard InChI is InChI=1S/C15H18N4O6/c1-18(2)11-6-3-9(7-12(11)19(23)24)14(21)25-8-13(20)17-15(22)16-10-4-5-10/h3,6-7,10H,4-5,8H2,1-2H3,(H2,16,17,20,22). The number of nitro benzene ring substituents is 1. The first-order valence-electron chi connectivity index (χ1n) is 7.51. The Balaban J connectivity index is 1.93. The van der Waals surface area contributed by atoms with Gasteiger partial charge in [0.2, 0.25) is 0 Å². The summed E-state index contributed by atoms with van der Waals surface area (Å²) in [6.45, 7) is -0.667. The van der Waals surface area contributed by atoms with Crippen LogP contribution >= 0.6 is 0 Å². The quantitative estimate of drug-likeness (QED) is 0.441. The van der Waals surface area contributed by atoms with Crippen molar-refractivity contribution in [2.24, 2.45) is 0 Å². The fraction of sp³-hybridized carbons (Fsp3) is 0.400. The number of imide groups is 1. The molecule has 0 radical (unpaired) electrons. The van der Waals surface area contributed by atoms with Gasteiger partial charge >= 0.3 is 12.0 Å². The first kappa shape index (κ1) is 18.2. The number of amides is 3. The predicted octanol–water partition coefficient (Wildman–Crippen LogP) is 0.806. The van der Waals surface area contributed by atoms with Crippen LogP contribution in [0.15, 0.2) is 18.2 Å². The number of hydrogen-bond donors (Lipinski definition) is 2. The van der Waals surface area contributed by atoms with Gasteiger partial charge < -0.3 is 15.0 Å². The maximum absolute atomic E-state index is 11.9. The molecule has 0 saturated heterocycles. The molecule has 0 unspecified atom stereocenters.